The van der Waals surface area contributed by atoms with Gasteiger partial charge in [0.15, 0.2) is 0 Å². The first-order chi connectivity index (χ1) is 16.6. The number of hydrogen-bond donors (Lipinski definition) is 2. The molecule has 0 saturated carbocycles. The molecule has 0 amide bonds. The van der Waals surface area contributed by atoms with Crippen LogP contribution in [0.5, 0.6) is 0 Å². The van der Waals surface area contributed by atoms with Gasteiger partial charge >= 0.3 is 11.9 Å². The highest BCUT2D eigenvalue weighted by molar-refractivity contribution is 5.94. The monoisotopic (exact) mass is 482 g/mol. The Hall–Kier alpha value is -3.72. The molecule has 9 heteroatoms. The Morgan fingerprint density at radius 3 is 2.40 bits per heavy atom. The first kappa shape index (κ1) is 25.9. The van der Waals surface area contributed by atoms with Gasteiger partial charge in [-0.25, -0.2) is 4.79 Å². The van der Waals surface area contributed by atoms with Gasteiger partial charge in [-0.15, -0.1) is 0 Å². The van der Waals surface area contributed by atoms with Crippen LogP contribution in [0.2, 0.25) is 0 Å². The van der Waals surface area contributed by atoms with Crippen LogP contribution in [0.1, 0.15) is 44.2 Å². The molecule has 0 aromatic heterocycles. The first-order valence-corrected chi connectivity index (χ1v) is 11.5. The van der Waals surface area contributed by atoms with E-state index in [9.17, 15) is 24.8 Å². The van der Waals surface area contributed by atoms with E-state index < -0.39 is 34.3 Å². The highest BCUT2D eigenvalue weighted by Gasteiger charge is 2.52. The number of rotatable bonds is 8. The minimum absolute atomic E-state index is 0.0655. The van der Waals surface area contributed by atoms with Crippen LogP contribution in [0.15, 0.2) is 59.8 Å². The molecule has 186 valence electrons. The molecule has 2 aromatic rings. The maximum Gasteiger partial charge on any atom is 0.336 e. The van der Waals surface area contributed by atoms with Crippen LogP contribution in [0.4, 0.5) is 11.4 Å². The van der Waals surface area contributed by atoms with Gasteiger partial charge in [-0.3, -0.25) is 14.9 Å². The molecule has 0 heterocycles. The second kappa shape index (κ2) is 10.7. The highest BCUT2D eigenvalue weighted by Crippen LogP contribution is 2.48. The fourth-order valence-electron chi connectivity index (χ4n) is 4.47. The van der Waals surface area contributed by atoms with Crippen molar-refractivity contribution in [1.29, 1.82) is 0 Å². The molecule has 0 spiro atoms. The molecule has 0 aliphatic heterocycles. The van der Waals surface area contributed by atoms with Crippen molar-refractivity contribution < 1.29 is 29.1 Å². The summed E-state index contributed by atoms with van der Waals surface area (Å²) in [4.78, 5) is 37.4. The second-order valence-electron chi connectivity index (χ2n) is 8.70. The molecule has 1 aliphatic rings. The molecule has 2 aromatic carbocycles. The number of nitro groups is 1. The summed E-state index contributed by atoms with van der Waals surface area (Å²) in [6.45, 7) is 6.90. The molecule has 3 rings (SSSR count). The molecular weight excluding hydrogens is 452 g/mol. The highest BCUT2D eigenvalue weighted by atomic mass is 16.6. The van der Waals surface area contributed by atoms with Crippen molar-refractivity contribution in [3.05, 3.63) is 81.0 Å². The average molecular weight is 483 g/mol. The van der Waals surface area contributed by atoms with E-state index in [1.54, 1.807) is 19.9 Å². The molecule has 2 N–H and O–H groups in total. The van der Waals surface area contributed by atoms with Crippen molar-refractivity contribution in [2.75, 3.05) is 18.5 Å². The quantitative estimate of drug-likeness (QED) is 0.325. The summed E-state index contributed by atoms with van der Waals surface area (Å²) >= 11 is 0. The molecule has 0 unspecified atom stereocenters. The minimum atomic E-state index is -1.63. The average Bonchev–Trinajstić information content (AvgIpc) is 2.79. The van der Waals surface area contributed by atoms with Crippen LogP contribution >= 0.6 is 0 Å². The Kier molecular flexibility index (Phi) is 7.91. The molecule has 35 heavy (non-hydrogen) atoms. The normalized spacial score (nSPS) is 21.9. The number of aryl methyl sites for hydroxylation is 1. The molecule has 0 fully saturated rings. The zero-order valence-electron chi connectivity index (χ0n) is 20.2. The van der Waals surface area contributed by atoms with E-state index in [0.29, 0.717) is 16.9 Å². The van der Waals surface area contributed by atoms with Gasteiger partial charge in [0, 0.05) is 35.9 Å². The number of nitrogens with zero attached hydrogens (tertiary/aromatic N) is 1. The Morgan fingerprint density at radius 2 is 1.80 bits per heavy atom. The van der Waals surface area contributed by atoms with E-state index in [1.165, 1.54) is 25.1 Å². The lowest BCUT2D eigenvalue weighted by atomic mass is 9.65. The topological polar surface area (TPSA) is 128 Å². The van der Waals surface area contributed by atoms with Crippen molar-refractivity contribution in [2.45, 2.75) is 45.6 Å². The van der Waals surface area contributed by atoms with E-state index >= 15 is 0 Å². The van der Waals surface area contributed by atoms with Gasteiger partial charge in [-0.1, -0.05) is 29.8 Å². The largest absolute Gasteiger partial charge is 0.466 e. The summed E-state index contributed by atoms with van der Waals surface area (Å²) in [5.41, 5.74) is 0.699. The van der Waals surface area contributed by atoms with Gasteiger partial charge in [0.2, 0.25) is 0 Å². The third-order valence-corrected chi connectivity index (χ3v) is 6.00. The van der Waals surface area contributed by atoms with Gasteiger partial charge in [0.1, 0.15) is 0 Å². The van der Waals surface area contributed by atoms with Crippen LogP contribution < -0.4 is 5.32 Å². The smallest absolute Gasteiger partial charge is 0.336 e. The van der Waals surface area contributed by atoms with Crippen LogP contribution in [-0.2, 0) is 19.1 Å². The van der Waals surface area contributed by atoms with Crippen LogP contribution in [-0.4, -0.2) is 40.8 Å². The summed E-state index contributed by atoms with van der Waals surface area (Å²) in [6, 6.07) is 13.2. The number of nitro benzene ring substituents is 1. The zero-order valence-corrected chi connectivity index (χ0v) is 20.2. The van der Waals surface area contributed by atoms with Crippen molar-refractivity contribution in [1.82, 2.24) is 0 Å². The second-order valence-corrected chi connectivity index (χ2v) is 8.70. The number of non-ortho nitro benzene ring substituents is 1. The maximum atomic E-state index is 13.3. The molecular formula is C26H30N2O7. The fourth-order valence-corrected chi connectivity index (χ4v) is 4.47. The lowest BCUT2D eigenvalue weighted by Crippen LogP contribution is -2.49. The number of benzene rings is 2. The number of carbonyl (C=O) groups is 2. The minimum Gasteiger partial charge on any atom is -0.466 e. The van der Waals surface area contributed by atoms with Crippen molar-refractivity contribution in [3.8, 4) is 0 Å². The fraction of sp³-hybridized carbons (Fsp3) is 0.385. The Balaban J connectivity index is 2.28. The van der Waals surface area contributed by atoms with E-state index in [4.69, 9.17) is 9.47 Å². The predicted octanol–water partition coefficient (Wildman–Crippen LogP) is 4.25. The van der Waals surface area contributed by atoms with E-state index in [0.717, 1.165) is 5.56 Å². The Labute approximate surface area is 203 Å². The number of carbonyl (C=O) groups excluding carboxylic acids is 2. The number of esters is 2. The summed E-state index contributed by atoms with van der Waals surface area (Å²) in [5, 5.41) is 26.2. The summed E-state index contributed by atoms with van der Waals surface area (Å²) < 4.78 is 10.6. The first-order valence-electron chi connectivity index (χ1n) is 11.5. The van der Waals surface area contributed by atoms with Gasteiger partial charge < -0.3 is 19.9 Å². The van der Waals surface area contributed by atoms with E-state index in [1.807, 2.05) is 31.2 Å². The van der Waals surface area contributed by atoms with Crippen LogP contribution in [0.25, 0.3) is 0 Å². The standard InChI is InChI=1S/C26H30N2O7/c1-5-34-24(29)22-20(27-18-12-10-16(3)11-13-18)15-26(4,31)23(25(30)35-6-2)21(22)17-8-7-9-19(14-17)28(32)33/h7-14,21,23,27,31H,5-6,15H2,1-4H3/t21-,23-,26+/m0/s1. The van der Waals surface area contributed by atoms with Crippen molar-refractivity contribution in [3.63, 3.8) is 0 Å². The molecule has 0 saturated heterocycles. The Bertz CT molecular complexity index is 1140. The molecule has 3 atom stereocenters. The summed E-state index contributed by atoms with van der Waals surface area (Å²) in [7, 11) is 0. The number of nitrogens with one attached hydrogen (secondary N) is 1. The Morgan fingerprint density at radius 1 is 1.14 bits per heavy atom. The third-order valence-electron chi connectivity index (χ3n) is 6.00. The third kappa shape index (κ3) is 5.68. The maximum absolute atomic E-state index is 13.3. The number of hydrogen-bond acceptors (Lipinski definition) is 8. The lowest BCUT2D eigenvalue weighted by Gasteiger charge is -2.43. The lowest BCUT2D eigenvalue weighted by molar-refractivity contribution is -0.384. The van der Waals surface area contributed by atoms with E-state index in [2.05, 4.69) is 5.32 Å². The van der Waals surface area contributed by atoms with E-state index in [-0.39, 0.29) is 30.9 Å². The zero-order chi connectivity index (χ0) is 25.8. The molecule has 0 radical (unpaired) electrons. The van der Waals surface area contributed by atoms with Gasteiger partial charge in [-0.2, -0.15) is 0 Å². The van der Waals surface area contributed by atoms with Gasteiger partial charge in [-0.05, 0) is 45.4 Å². The number of anilines is 1. The number of ether oxygens (including phenoxy) is 2. The van der Waals surface area contributed by atoms with Crippen LogP contribution in [0.3, 0.4) is 0 Å². The van der Waals surface area contributed by atoms with Gasteiger partial charge in [0.25, 0.3) is 5.69 Å². The summed E-state index contributed by atoms with van der Waals surface area (Å²) in [6.07, 6.45) is -0.0655. The van der Waals surface area contributed by atoms with Crippen molar-refractivity contribution >= 4 is 23.3 Å². The number of aliphatic hydroxyl groups is 1. The van der Waals surface area contributed by atoms with Crippen LogP contribution in [0, 0.1) is 23.0 Å². The summed E-state index contributed by atoms with van der Waals surface area (Å²) in [5.74, 6) is -3.63. The molecule has 9 nitrogen and oxygen atoms in total. The molecule has 0 bridgehead atoms. The van der Waals surface area contributed by atoms with Crippen molar-refractivity contribution in [2.24, 2.45) is 5.92 Å². The molecule has 1 aliphatic carbocycles. The SMILES string of the molecule is CCOC(=O)C1=C(Nc2ccc(C)cc2)C[C@@](C)(O)[C@H](C(=O)OCC)[C@H]1c1cccc([N+](=O)[O-])c1. The van der Waals surface area contributed by atoms with Gasteiger partial charge in [0.05, 0.1) is 35.2 Å². The predicted molar refractivity (Wildman–Crippen MR) is 130 cm³/mol.